The summed E-state index contributed by atoms with van der Waals surface area (Å²) in [6.07, 6.45) is 9.04. The van der Waals surface area contributed by atoms with Gasteiger partial charge in [-0.15, -0.1) is 0 Å². The monoisotopic (exact) mass is 281 g/mol. The van der Waals surface area contributed by atoms with Crippen molar-refractivity contribution >= 4 is 11.8 Å². The third-order valence-electron chi connectivity index (χ3n) is 4.34. The molecule has 2 aliphatic rings. The smallest absolute Gasteiger partial charge is 0.313 e. The van der Waals surface area contributed by atoms with Crippen molar-refractivity contribution in [3.05, 3.63) is 0 Å². The molecule has 18 heavy (non-hydrogen) atoms. The van der Waals surface area contributed by atoms with Crippen molar-refractivity contribution < 1.29 is 13.2 Å². The highest BCUT2D eigenvalue weighted by Gasteiger charge is 2.32. The van der Waals surface area contributed by atoms with Crippen LogP contribution in [0.2, 0.25) is 0 Å². The fraction of sp³-hybridized carbons (Fsp3) is 1.00. The van der Waals surface area contributed by atoms with Gasteiger partial charge in [0.25, 0.3) is 0 Å². The first-order valence-electron chi connectivity index (χ1n) is 6.98. The van der Waals surface area contributed by atoms with E-state index in [0.717, 1.165) is 18.3 Å². The van der Waals surface area contributed by atoms with Crippen LogP contribution in [-0.4, -0.2) is 23.8 Å². The fourth-order valence-electron chi connectivity index (χ4n) is 3.49. The van der Waals surface area contributed by atoms with Gasteiger partial charge in [0.1, 0.15) is 0 Å². The molecule has 0 amide bonds. The van der Waals surface area contributed by atoms with E-state index in [9.17, 15) is 13.2 Å². The fourth-order valence-corrected chi connectivity index (χ4v) is 3.94. The Morgan fingerprint density at radius 1 is 1.00 bits per heavy atom. The van der Waals surface area contributed by atoms with Crippen LogP contribution in [-0.2, 0) is 0 Å². The van der Waals surface area contributed by atoms with E-state index in [1.165, 1.54) is 38.5 Å². The zero-order valence-electron chi connectivity index (χ0n) is 10.6. The van der Waals surface area contributed by atoms with Gasteiger partial charge in [-0.3, -0.25) is 0 Å². The topological polar surface area (TPSA) is 12.0 Å². The Morgan fingerprint density at radius 2 is 1.72 bits per heavy atom. The van der Waals surface area contributed by atoms with Crippen molar-refractivity contribution in [2.45, 2.75) is 56.5 Å². The standard InChI is InChI=1S/C13H22F3NS/c14-13(15,16)18-8-7-17-12-6-5-10-3-1-2-4-11(10)9-12/h10-12,17H,1-9H2. The molecule has 0 aromatic heterocycles. The van der Waals surface area contributed by atoms with Crippen LogP contribution in [0.25, 0.3) is 0 Å². The second-order valence-corrected chi connectivity index (χ2v) is 6.72. The van der Waals surface area contributed by atoms with Gasteiger partial charge >= 0.3 is 5.51 Å². The minimum Gasteiger partial charge on any atom is -0.313 e. The summed E-state index contributed by atoms with van der Waals surface area (Å²) in [7, 11) is 0. The van der Waals surface area contributed by atoms with Crippen LogP contribution in [0.4, 0.5) is 13.2 Å². The Hall–Kier alpha value is 0.1000. The first kappa shape index (κ1) is 14.5. The molecule has 0 saturated heterocycles. The number of alkyl halides is 3. The maximum absolute atomic E-state index is 12.0. The molecular formula is C13H22F3NS. The summed E-state index contributed by atoms with van der Waals surface area (Å²) >= 11 is 0.0824. The van der Waals surface area contributed by atoms with Crippen LogP contribution in [0.1, 0.15) is 44.9 Å². The first-order valence-corrected chi connectivity index (χ1v) is 7.97. The largest absolute Gasteiger partial charge is 0.441 e. The summed E-state index contributed by atoms with van der Waals surface area (Å²) in [5.41, 5.74) is -4.08. The minimum atomic E-state index is -4.08. The van der Waals surface area contributed by atoms with Crippen LogP contribution < -0.4 is 5.32 Å². The summed E-state index contributed by atoms with van der Waals surface area (Å²) in [6.45, 7) is 0.478. The number of nitrogens with one attached hydrogen (secondary N) is 1. The van der Waals surface area contributed by atoms with Gasteiger partial charge in [0.2, 0.25) is 0 Å². The molecule has 0 aromatic rings. The van der Waals surface area contributed by atoms with E-state index in [0.29, 0.717) is 12.6 Å². The van der Waals surface area contributed by atoms with Crippen molar-refractivity contribution in [3.63, 3.8) is 0 Å². The molecule has 0 bridgehead atoms. The third-order valence-corrected chi connectivity index (χ3v) is 5.08. The Balaban J connectivity index is 1.62. The van der Waals surface area contributed by atoms with E-state index in [1.807, 2.05) is 0 Å². The van der Waals surface area contributed by atoms with Crippen LogP contribution >= 0.6 is 11.8 Å². The van der Waals surface area contributed by atoms with E-state index >= 15 is 0 Å². The number of halogens is 3. The average Bonchev–Trinajstić information content (AvgIpc) is 2.33. The Morgan fingerprint density at radius 3 is 2.44 bits per heavy atom. The van der Waals surface area contributed by atoms with Gasteiger partial charge < -0.3 is 5.32 Å². The number of hydrogen-bond donors (Lipinski definition) is 1. The van der Waals surface area contributed by atoms with E-state index < -0.39 is 5.51 Å². The molecule has 5 heteroatoms. The predicted molar refractivity (Wildman–Crippen MR) is 69.6 cm³/mol. The number of rotatable bonds is 4. The number of fused-ring (bicyclic) bond motifs is 1. The number of hydrogen-bond acceptors (Lipinski definition) is 2. The van der Waals surface area contributed by atoms with Gasteiger partial charge in [0.05, 0.1) is 0 Å². The molecule has 1 N–H and O–H groups in total. The second-order valence-electron chi connectivity index (χ2n) is 5.56. The predicted octanol–water partition coefficient (Wildman–Crippen LogP) is 4.19. The maximum atomic E-state index is 12.0. The highest BCUT2D eigenvalue weighted by molar-refractivity contribution is 8.00. The van der Waals surface area contributed by atoms with E-state index in [2.05, 4.69) is 5.32 Å². The maximum Gasteiger partial charge on any atom is 0.441 e. The minimum absolute atomic E-state index is 0.0824. The molecule has 0 heterocycles. The van der Waals surface area contributed by atoms with Gasteiger partial charge in [0.15, 0.2) is 0 Å². The Labute approximate surface area is 111 Å². The summed E-state index contributed by atoms with van der Waals surface area (Å²) in [6, 6.07) is 0.457. The van der Waals surface area contributed by atoms with E-state index in [4.69, 9.17) is 0 Å². The second kappa shape index (κ2) is 6.51. The molecule has 3 unspecified atom stereocenters. The molecule has 2 aliphatic carbocycles. The Kier molecular flexibility index (Phi) is 5.24. The zero-order valence-corrected chi connectivity index (χ0v) is 11.5. The molecule has 0 aromatic carbocycles. The molecular weight excluding hydrogens is 259 g/mol. The zero-order chi connectivity index (χ0) is 13.0. The quantitative estimate of drug-likeness (QED) is 0.776. The van der Waals surface area contributed by atoms with Gasteiger partial charge in [-0.25, -0.2) is 0 Å². The summed E-state index contributed by atoms with van der Waals surface area (Å²) in [5, 5.41) is 3.31. The van der Waals surface area contributed by atoms with Crippen molar-refractivity contribution in [2.24, 2.45) is 11.8 Å². The normalized spacial score (nSPS) is 33.2. The van der Waals surface area contributed by atoms with Crippen LogP contribution in [0.15, 0.2) is 0 Å². The molecule has 0 radical (unpaired) electrons. The van der Waals surface area contributed by atoms with Crippen LogP contribution in [0, 0.1) is 11.8 Å². The lowest BCUT2D eigenvalue weighted by atomic mass is 9.69. The van der Waals surface area contributed by atoms with E-state index in [1.54, 1.807) is 0 Å². The van der Waals surface area contributed by atoms with Gasteiger partial charge in [-0.2, -0.15) is 13.2 Å². The molecule has 2 rings (SSSR count). The van der Waals surface area contributed by atoms with Crippen molar-refractivity contribution in [3.8, 4) is 0 Å². The lowest BCUT2D eigenvalue weighted by molar-refractivity contribution is -0.0327. The van der Waals surface area contributed by atoms with Crippen molar-refractivity contribution in [2.75, 3.05) is 12.3 Å². The average molecular weight is 281 g/mol. The van der Waals surface area contributed by atoms with Gasteiger partial charge in [-0.05, 0) is 42.9 Å². The van der Waals surface area contributed by atoms with Gasteiger partial charge in [-0.1, -0.05) is 25.7 Å². The lowest BCUT2D eigenvalue weighted by Gasteiger charge is -2.39. The van der Waals surface area contributed by atoms with Crippen molar-refractivity contribution in [1.29, 1.82) is 0 Å². The molecule has 2 fully saturated rings. The molecule has 0 aliphatic heterocycles. The molecule has 3 atom stereocenters. The highest BCUT2D eigenvalue weighted by Crippen LogP contribution is 2.40. The SMILES string of the molecule is FC(F)(F)SCCNC1CCC2CCCCC2C1. The van der Waals surface area contributed by atoms with Crippen LogP contribution in [0.5, 0.6) is 0 Å². The van der Waals surface area contributed by atoms with E-state index in [-0.39, 0.29) is 17.5 Å². The molecule has 2 saturated carbocycles. The number of thioether (sulfide) groups is 1. The molecule has 106 valence electrons. The molecule has 1 nitrogen and oxygen atoms in total. The van der Waals surface area contributed by atoms with Crippen LogP contribution in [0.3, 0.4) is 0 Å². The van der Waals surface area contributed by atoms with Crippen molar-refractivity contribution in [1.82, 2.24) is 5.32 Å². The lowest BCUT2D eigenvalue weighted by Crippen LogP contribution is -2.39. The first-order chi connectivity index (χ1) is 8.54. The summed E-state index contributed by atoms with van der Waals surface area (Å²) < 4.78 is 35.9. The van der Waals surface area contributed by atoms with Gasteiger partial charge in [0, 0.05) is 18.3 Å². The third kappa shape index (κ3) is 4.65. The summed E-state index contributed by atoms with van der Waals surface area (Å²) in [4.78, 5) is 0. The molecule has 0 spiro atoms. The highest BCUT2D eigenvalue weighted by atomic mass is 32.2. The Bertz CT molecular complexity index is 257. The summed E-state index contributed by atoms with van der Waals surface area (Å²) in [5.74, 6) is 1.87.